The van der Waals surface area contributed by atoms with Crippen LogP contribution in [0.2, 0.25) is 0 Å². The van der Waals surface area contributed by atoms with Crippen LogP contribution in [0.25, 0.3) is 0 Å². The molecule has 1 N–H and O–H groups in total. The summed E-state index contributed by atoms with van der Waals surface area (Å²) < 4.78 is 5.68. The molecule has 1 unspecified atom stereocenters. The predicted molar refractivity (Wildman–Crippen MR) is 120 cm³/mol. The van der Waals surface area contributed by atoms with Gasteiger partial charge in [-0.1, -0.05) is 37.6 Å². The summed E-state index contributed by atoms with van der Waals surface area (Å²) in [7, 11) is 0. The van der Waals surface area contributed by atoms with E-state index in [-0.39, 0.29) is 11.9 Å². The highest BCUT2D eigenvalue weighted by Crippen LogP contribution is 2.31. The molecular formula is C25H34N2O2. The fourth-order valence-corrected chi connectivity index (χ4v) is 4.09. The van der Waals surface area contributed by atoms with Gasteiger partial charge in [0.05, 0.1) is 12.6 Å². The highest BCUT2D eigenvalue weighted by atomic mass is 16.5. The second kappa shape index (κ2) is 10.3. The number of anilines is 1. The minimum atomic E-state index is -0.0437. The van der Waals surface area contributed by atoms with Gasteiger partial charge in [0.25, 0.3) is 5.91 Å². The number of rotatable bonds is 8. The van der Waals surface area contributed by atoms with Gasteiger partial charge < -0.3 is 15.0 Å². The number of piperidine rings is 1. The lowest BCUT2D eigenvalue weighted by Crippen LogP contribution is -2.33. The van der Waals surface area contributed by atoms with Gasteiger partial charge in [-0.15, -0.1) is 0 Å². The number of amides is 1. The first-order chi connectivity index (χ1) is 14.1. The van der Waals surface area contributed by atoms with Crippen LogP contribution >= 0.6 is 0 Å². The van der Waals surface area contributed by atoms with E-state index in [0.29, 0.717) is 12.2 Å². The molecule has 4 nitrogen and oxygen atoms in total. The molecule has 0 aromatic heterocycles. The van der Waals surface area contributed by atoms with Crippen molar-refractivity contribution in [2.24, 2.45) is 0 Å². The first kappa shape index (κ1) is 21.2. The van der Waals surface area contributed by atoms with Crippen molar-refractivity contribution < 1.29 is 9.53 Å². The molecule has 4 heteroatoms. The minimum Gasteiger partial charge on any atom is -0.494 e. The normalized spacial score (nSPS) is 15.1. The average Bonchev–Trinajstić information content (AvgIpc) is 2.75. The first-order valence-electron chi connectivity index (χ1n) is 11.0. The third-order valence-corrected chi connectivity index (χ3v) is 5.64. The van der Waals surface area contributed by atoms with Crippen LogP contribution < -0.4 is 15.0 Å². The van der Waals surface area contributed by atoms with E-state index >= 15 is 0 Å². The number of hydrogen-bond donors (Lipinski definition) is 1. The number of nitrogens with one attached hydrogen (secondary N) is 1. The van der Waals surface area contributed by atoms with Crippen molar-refractivity contribution in [1.82, 2.24) is 5.32 Å². The van der Waals surface area contributed by atoms with Crippen molar-refractivity contribution in [3.63, 3.8) is 0 Å². The second-order valence-corrected chi connectivity index (χ2v) is 7.83. The average molecular weight is 395 g/mol. The maximum absolute atomic E-state index is 13.1. The van der Waals surface area contributed by atoms with E-state index in [2.05, 4.69) is 41.4 Å². The Morgan fingerprint density at radius 2 is 1.86 bits per heavy atom. The predicted octanol–water partition coefficient (Wildman–Crippen LogP) is 5.66. The van der Waals surface area contributed by atoms with Crippen molar-refractivity contribution in [3.8, 4) is 5.75 Å². The summed E-state index contributed by atoms with van der Waals surface area (Å²) in [5.74, 6) is 0.735. The molecule has 1 aliphatic heterocycles. The Labute approximate surface area is 175 Å². The molecule has 1 atom stereocenters. The molecule has 1 amide bonds. The van der Waals surface area contributed by atoms with Gasteiger partial charge in [-0.2, -0.15) is 0 Å². The van der Waals surface area contributed by atoms with Crippen LogP contribution in [-0.2, 0) is 0 Å². The summed E-state index contributed by atoms with van der Waals surface area (Å²) in [6.07, 6.45) is 5.72. The van der Waals surface area contributed by atoms with Crippen molar-refractivity contribution in [2.45, 2.75) is 58.9 Å². The third-order valence-electron chi connectivity index (χ3n) is 5.64. The van der Waals surface area contributed by atoms with E-state index < -0.39 is 0 Å². The number of hydrogen-bond acceptors (Lipinski definition) is 3. The van der Waals surface area contributed by atoms with E-state index in [1.165, 1.54) is 30.5 Å². The van der Waals surface area contributed by atoms with Crippen LogP contribution in [0.4, 0.5) is 5.69 Å². The lowest BCUT2D eigenvalue weighted by molar-refractivity contribution is 0.0934. The Balaban J connectivity index is 1.84. The zero-order valence-corrected chi connectivity index (χ0v) is 18.0. The highest BCUT2D eigenvalue weighted by molar-refractivity contribution is 5.95. The molecule has 1 fully saturated rings. The number of carbonyl (C=O) groups is 1. The molecule has 2 aromatic carbocycles. The van der Waals surface area contributed by atoms with Crippen LogP contribution in [0.15, 0.2) is 42.5 Å². The third kappa shape index (κ3) is 5.31. The molecule has 0 spiro atoms. The number of benzene rings is 2. The summed E-state index contributed by atoms with van der Waals surface area (Å²) in [6.45, 7) is 8.91. The zero-order valence-electron chi connectivity index (χ0n) is 18.0. The molecule has 1 heterocycles. The monoisotopic (exact) mass is 394 g/mol. The molecule has 0 aliphatic carbocycles. The Morgan fingerprint density at radius 3 is 2.59 bits per heavy atom. The summed E-state index contributed by atoms with van der Waals surface area (Å²) in [5, 5.41) is 3.30. The largest absolute Gasteiger partial charge is 0.494 e. The summed E-state index contributed by atoms with van der Waals surface area (Å²) in [4.78, 5) is 15.6. The Kier molecular flexibility index (Phi) is 7.56. The van der Waals surface area contributed by atoms with Gasteiger partial charge in [0.1, 0.15) is 5.75 Å². The molecule has 156 valence electrons. The maximum atomic E-state index is 13.1. The fourth-order valence-electron chi connectivity index (χ4n) is 4.09. The van der Waals surface area contributed by atoms with Gasteiger partial charge in [0.15, 0.2) is 0 Å². The van der Waals surface area contributed by atoms with Gasteiger partial charge >= 0.3 is 0 Å². The number of nitrogens with zero attached hydrogens (tertiary/aromatic N) is 1. The number of ether oxygens (including phenoxy) is 1. The SMILES string of the molecule is CCCC(NC(=O)c1ccc(C)c(OCC)c1)c1ccccc1N1CCCCC1. The van der Waals surface area contributed by atoms with E-state index in [0.717, 1.165) is 37.2 Å². The first-order valence-corrected chi connectivity index (χ1v) is 11.0. The molecule has 1 aliphatic rings. The molecule has 2 aromatic rings. The lowest BCUT2D eigenvalue weighted by Gasteiger charge is -2.32. The molecule has 3 rings (SSSR count). The van der Waals surface area contributed by atoms with Gasteiger partial charge in [-0.3, -0.25) is 4.79 Å². The van der Waals surface area contributed by atoms with Gasteiger partial charge in [-0.05, 0) is 68.9 Å². The second-order valence-electron chi connectivity index (χ2n) is 7.83. The van der Waals surface area contributed by atoms with E-state index in [1.54, 1.807) is 0 Å². The van der Waals surface area contributed by atoms with Crippen molar-refractivity contribution in [2.75, 3.05) is 24.6 Å². The highest BCUT2D eigenvalue weighted by Gasteiger charge is 2.22. The maximum Gasteiger partial charge on any atom is 0.251 e. The number of carbonyl (C=O) groups excluding carboxylic acids is 1. The summed E-state index contributed by atoms with van der Waals surface area (Å²) in [5.41, 5.74) is 4.19. The van der Waals surface area contributed by atoms with Gasteiger partial charge in [-0.25, -0.2) is 0 Å². The topological polar surface area (TPSA) is 41.6 Å². The van der Waals surface area contributed by atoms with Crippen molar-refractivity contribution >= 4 is 11.6 Å². The van der Waals surface area contributed by atoms with Gasteiger partial charge in [0, 0.05) is 24.3 Å². The fraction of sp³-hybridized carbons (Fsp3) is 0.480. The lowest BCUT2D eigenvalue weighted by atomic mass is 9.97. The van der Waals surface area contributed by atoms with Crippen LogP contribution in [0.1, 0.15) is 73.5 Å². The van der Waals surface area contributed by atoms with E-state index in [4.69, 9.17) is 4.74 Å². The Hall–Kier alpha value is -2.49. The smallest absolute Gasteiger partial charge is 0.251 e. The van der Waals surface area contributed by atoms with Crippen molar-refractivity contribution in [1.29, 1.82) is 0 Å². The Bertz CT molecular complexity index is 812. The standard InChI is InChI=1S/C25H34N2O2/c1-4-11-22(21-12-7-8-13-23(21)27-16-9-6-10-17-27)26-25(28)20-15-14-19(3)24(18-20)29-5-2/h7-8,12-15,18,22H,4-6,9-11,16-17H2,1-3H3,(H,26,28). The quantitative estimate of drug-likeness (QED) is 0.628. The van der Waals surface area contributed by atoms with Crippen LogP contribution in [0.5, 0.6) is 5.75 Å². The minimum absolute atomic E-state index is 0.00229. The van der Waals surface area contributed by atoms with Crippen LogP contribution in [0, 0.1) is 6.92 Å². The number of aryl methyl sites for hydroxylation is 1. The van der Waals surface area contributed by atoms with E-state index in [1.807, 2.05) is 32.0 Å². The zero-order chi connectivity index (χ0) is 20.6. The number of para-hydroxylation sites is 1. The molecule has 1 saturated heterocycles. The molecule has 0 bridgehead atoms. The Morgan fingerprint density at radius 1 is 1.10 bits per heavy atom. The van der Waals surface area contributed by atoms with Crippen LogP contribution in [-0.4, -0.2) is 25.6 Å². The van der Waals surface area contributed by atoms with Crippen LogP contribution in [0.3, 0.4) is 0 Å². The van der Waals surface area contributed by atoms with Crippen molar-refractivity contribution in [3.05, 3.63) is 59.2 Å². The summed E-state index contributed by atoms with van der Waals surface area (Å²) >= 11 is 0. The van der Waals surface area contributed by atoms with E-state index in [9.17, 15) is 4.79 Å². The van der Waals surface area contributed by atoms with Gasteiger partial charge in [0.2, 0.25) is 0 Å². The summed E-state index contributed by atoms with van der Waals surface area (Å²) in [6, 6.07) is 14.3. The molecule has 0 radical (unpaired) electrons. The molecule has 0 saturated carbocycles. The molecule has 29 heavy (non-hydrogen) atoms. The molecular weight excluding hydrogens is 360 g/mol.